The third-order valence-electron chi connectivity index (χ3n) is 7.19. The summed E-state index contributed by atoms with van der Waals surface area (Å²) in [6, 6.07) is 0.697. The molecule has 4 atom stereocenters. The number of carbonyl (C=O) groups excluding carboxylic acids is 2. The highest BCUT2D eigenvalue weighted by Gasteiger charge is 2.41. The number of nitrogens with two attached hydrogens (primary N) is 1. The monoisotopic (exact) mass is 406 g/mol. The average Bonchev–Trinajstić information content (AvgIpc) is 3.49. The molecule has 4 aliphatic carbocycles. The molecule has 158 valence electrons. The van der Waals surface area contributed by atoms with Crippen LogP contribution in [-0.2, 0) is 22.4 Å². The van der Waals surface area contributed by atoms with Crippen LogP contribution in [0.5, 0.6) is 0 Å². The van der Waals surface area contributed by atoms with Crippen molar-refractivity contribution in [2.75, 3.05) is 0 Å². The third kappa shape index (κ3) is 3.75. The highest BCUT2D eigenvalue weighted by Crippen LogP contribution is 2.37. The van der Waals surface area contributed by atoms with Gasteiger partial charge in [-0.1, -0.05) is 30.4 Å². The van der Waals surface area contributed by atoms with E-state index >= 15 is 0 Å². The van der Waals surface area contributed by atoms with Crippen molar-refractivity contribution < 1.29 is 9.59 Å². The van der Waals surface area contributed by atoms with E-state index in [1.807, 2.05) is 12.3 Å². The van der Waals surface area contributed by atoms with Gasteiger partial charge in [0.2, 0.25) is 11.8 Å². The Morgan fingerprint density at radius 2 is 1.97 bits per heavy atom. The summed E-state index contributed by atoms with van der Waals surface area (Å²) >= 11 is 0. The van der Waals surface area contributed by atoms with Crippen molar-refractivity contribution in [2.45, 2.75) is 63.5 Å². The molecule has 0 aromatic carbocycles. The zero-order chi connectivity index (χ0) is 20.7. The molecule has 0 spiro atoms. The van der Waals surface area contributed by atoms with Crippen LogP contribution in [0.1, 0.15) is 49.8 Å². The smallest absolute Gasteiger partial charge is 0.230 e. The normalized spacial score (nSPS) is 30.5. The maximum Gasteiger partial charge on any atom is 0.230 e. The van der Waals surface area contributed by atoms with Gasteiger partial charge in [-0.25, -0.2) is 0 Å². The summed E-state index contributed by atoms with van der Waals surface area (Å²) < 4.78 is 0. The van der Waals surface area contributed by atoms with E-state index in [1.54, 1.807) is 0 Å². The predicted octanol–water partition coefficient (Wildman–Crippen LogP) is 2.83. The molecule has 4 aliphatic rings. The van der Waals surface area contributed by atoms with Gasteiger partial charge >= 0.3 is 0 Å². The largest absolute Gasteiger partial charge is 0.369 e. The Morgan fingerprint density at radius 3 is 2.70 bits per heavy atom. The van der Waals surface area contributed by atoms with Gasteiger partial charge < -0.3 is 10.6 Å². The summed E-state index contributed by atoms with van der Waals surface area (Å²) in [6.07, 6.45) is 19.9. The zero-order valence-electron chi connectivity index (χ0n) is 17.3. The van der Waals surface area contributed by atoms with Crippen molar-refractivity contribution in [2.24, 2.45) is 23.5 Å². The molecule has 1 heterocycles. The van der Waals surface area contributed by atoms with Gasteiger partial charge in [0.1, 0.15) is 0 Å². The molecule has 1 aromatic rings. The third-order valence-corrected chi connectivity index (χ3v) is 7.19. The molecule has 6 nitrogen and oxygen atoms in total. The molecule has 0 bridgehead atoms. The van der Waals surface area contributed by atoms with Gasteiger partial charge in [-0.3, -0.25) is 14.7 Å². The summed E-state index contributed by atoms with van der Waals surface area (Å²) in [7, 11) is 0. The first-order chi connectivity index (χ1) is 14.6. The molecule has 1 fully saturated rings. The lowest BCUT2D eigenvalue weighted by Crippen LogP contribution is -2.47. The molecule has 0 aliphatic heterocycles. The van der Waals surface area contributed by atoms with Gasteiger partial charge in [0, 0.05) is 17.8 Å². The number of rotatable bonds is 5. The highest BCUT2D eigenvalue weighted by atomic mass is 16.2. The van der Waals surface area contributed by atoms with Crippen LogP contribution in [0.2, 0.25) is 0 Å². The lowest BCUT2D eigenvalue weighted by Gasteiger charge is -2.36. The molecule has 0 radical (unpaired) electrons. The van der Waals surface area contributed by atoms with Gasteiger partial charge in [-0.2, -0.15) is 5.10 Å². The number of aryl methyl sites for hydroxylation is 1. The Bertz CT molecular complexity index is 923. The molecular formula is C24H30N4O2. The molecule has 5 rings (SSSR count). The molecule has 30 heavy (non-hydrogen) atoms. The van der Waals surface area contributed by atoms with Crippen LogP contribution in [0.4, 0.5) is 0 Å². The van der Waals surface area contributed by atoms with Crippen LogP contribution >= 0.6 is 0 Å². The number of hydrogen-bond donors (Lipinski definition) is 2. The van der Waals surface area contributed by atoms with Crippen LogP contribution < -0.4 is 5.73 Å². The van der Waals surface area contributed by atoms with E-state index in [1.165, 1.54) is 16.8 Å². The molecule has 4 unspecified atom stereocenters. The first kappa shape index (κ1) is 19.3. The van der Waals surface area contributed by atoms with Crippen LogP contribution in [-0.4, -0.2) is 39.0 Å². The van der Waals surface area contributed by atoms with Gasteiger partial charge in [0.15, 0.2) is 0 Å². The predicted molar refractivity (Wildman–Crippen MR) is 114 cm³/mol. The first-order valence-corrected chi connectivity index (χ1v) is 11.3. The number of carbonyl (C=O) groups is 2. The van der Waals surface area contributed by atoms with Crippen molar-refractivity contribution in [3.8, 4) is 0 Å². The topological polar surface area (TPSA) is 92.1 Å². The SMILES string of the molecule is NC(=O)C1C=CCC(C2=CCC(C(=O)N(C3CC3)C3CCc4[nH]ncc4C3)C=C2)C1. The quantitative estimate of drug-likeness (QED) is 0.737. The lowest BCUT2D eigenvalue weighted by molar-refractivity contribution is -0.137. The minimum absolute atomic E-state index is 0.0776. The number of nitrogens with zero attached hydrogens (tertiary/aromatic N) is 2. The van der Waals surface area contributed by atoms with Crippen LogP contribution in [0, 0.1) is 17.8 Å². The highest BCUT2D eigenvalue weighted by molar-refractivity contribution is 5.82. The van der Waals surface area contributed by atoms with E-state index in [4.69, 9.17) is 5.73 Å². The second-order valence-electron chi connectivity index (χ2n) is 9.26. The second-order valence-corrected chi connectivity index (χ2v) is 9.26. The number of aromatic nitrogens is 2. The maximum atomic E-state index is 13.5. The molecule has 6 heteroatoms. The van der Waals surface area contributed by atoms with Crippen molar-refractivity contribution in [1.82, 2.24) is 15.1 Å². The van der Waals surface area contributed by atoms with E-state index in [-0.39, 0.29) is 29.7 Å². The number of H-pyrrole nitrogens is 1. The van der Waals surface area contributed by atoms with Gasteiger partial charge in [-0.15, -0.1) is 0 Å². The lowest BCUT2D eigenvalue weighted by atomic mass is 9.79. The molecule has 1 aromatic heterocycles. The summed E-state index contributed by atoms with van der Waals surface area (Å²) in [5, 5.41) is 7.28. The first-order valence-electron chi connectivity index (χ1n) is 11.3. The van der Waals surface area contributed by atoms with Crippen LogP contribution in [0.15, 0.2) is 42.2 Å². The van der Waals surface area contributed by atoms with Gasteiger partial charge in [0.05, 0.1) is 18.0 Å². The second kappa shape index (κ2) is 7.89. The fraction of sp³-hybridized carbons (Fsp3) is 0.542. The standard InChI is InChI=1S/C24H30N4O2/c25-23(29)18-3-1-2-17(12-18)15-4-6-16(7-5-15)24(30)28(20-8-9-20)21-10-11-22-19(13-21)14-26-27-22/h1,3-6,14,16-18,20-21H,2,7-13H2,(H2,25,29)(H,26,27). The number of fused-ring (bicyclic) bond motifs is 1. The number of hydrogen-bond acceptors (Lipinski definition) is 3. The van der Waals surface area contributed by atoms with E-state index < -0.39 is 0 Å². The number of aromatic amines is 1. The molecule has 2 amide bonds. The Kier molecular flexibility index (Phi) is 5.09. The minimum Gasteiger partial charge on any atom is -0.369 e. The van der Waals surface area contributed by atoms with Crippen molar-refractivity contribution in [1.29, 1.82) is 0 Å². The number of nitrogens with one attached hydrogen (secondary N) is 1. The molecule has 0 saturated heterocycles. The summed E-state index contributed by atoms with van der Waals surface area (Å²) in [5.41, 5.74) is 9.24. The fourth-order valence-corrected chi connectivity index (χ4v) is 5.33. The van der Waals surface area contributed by atoms with Gasteiger partial charge in [-0.05, 0) is 68.4 Å². The number of primary amides is 1. The van der Waals surface area contributed by atoms with E-state index in [9.17, 15) is 9.59 Å². The van der Waals surface area contributed by atoms with Crippen molar-refractivity contribution in [3.63, 3.8) is 0 Å². The van der Waals surface area contributed by atoms with Crippen LogP contribution in [0.3, 0.4) is 0 Å². The van der Waals surface area contributed by atoms with Gasteiger partial charge in [0.25, 0.3) is 0 Å². The fourth-order valence-electron chi connectivity index (χ4n) is 5.33. The summed E-state index contributed by atoms with van der Waals surface area (Å²) in [5.74, 6) is 0.0857. The van der Waals surface area contributed by atoms with Crippen molar-refractivity contribution in [3.05, 3.63) is 53.4 Å². The Labute approximate surface area is 177 Å². The molecule has 1 saturated carbocycles. The zero-order valence-corrected chi connectivity index (χ0v) is 17.3. The summed E-state index contributed by atoms with van der Waals surface area (Å²) in [4.78, 5) is 27.3. The minimum atomic E-state index is -0.252. The van der Waals surface area contributed by atoms with E-state index in [0.717, 1.165) is 51.4 Å². The van der Waals surface area contributed by atoms with Crippen molar-refractivity contribution >= 4 is 11.8 Å². The number of amides is 2. The Hall–Kier alpha value is -2.63. The summed E-state index contributed by atoms with van der Waals surface area (Å²) in [6.45, 7) is 0. The number of allylic oxidation sites excluding steroid dienone is 4. The Balaban J connectivity index is 1.25. The maximum absolute atomic E-state index is 13.5. The van der Waals surface area contributed by atoms with Crippen LogP contribution in [0.25, 0.3) is 0 Å². The Morgan fingerprint density at radius 1 is 1.10 bits per heavy atom. The molecule has 3 N–H and O–H groups in total. The molecular weight excluding hydrogens is 376 g/mol. The van der Waals surface area contributed by atoms with E-state index in [2.05, 4.69) is 39.4 Å². The van der Waals surface area contributed by atoms with E-state index in [0.29, 0.717) is 12.0 Å². The average molecular weight is 407 g/mol.